The Morgan fingerprint density at radius 2 is 0.914 bits per heavy atom. The molecule has 0 radical (unpaired) electrons. The molecule has 14 rings (SSSR count). The van der Waals surface area contributed by atoms with Crippen molar-refractivity contribution in [3.05, 3.63) is 204 Å². The molecular weight excluding hydrogens is 1750 g/mol. The average molecular weight is 1830 g/mol. The maximum Gasteiger partial charge on any atom is 0.354 e. The van der Waals surface area contributed by atoms with Crippen LogP contribution >= 0.6 is 113 Å². The summed E-state index contributed by atoms with van der Waals surface area (Å²) in [5.41, 5.74) is 19.0. The molecule has 2 N–H and O–H groups in total. The van der Waals surface area contributed by atoms with Crippen molar-refractivity contribution in [3.63, 3.8) is 0 Å². The van der Waals surface area contributed by atoms with Crippen LogP contribution in [0.2, 0.25) is 0 Å². The van der Waals surface area contributed by atoms with Gasteiger partial charge in [0.25, 0.3) is 0 Å². The summed E-state index contributed by atoms with van der Waals surface area (Å²) in [7, 11) is 0. The van der Waals surface area contributed by atoms with Crippen molar-refractivity contribution in [2.24, 2.45) is 0 Å². The first-order chi connectivity index (χ1) is 44.9. The normalized spacial score (nSPS) is 14.9. The molecule has 0 saturated heterocycles. The number of halogens is 5. The number of aryl methyl sites for hydroxylation is 2. The topological polar surface area (TPSA) is 277 Å². The minimum absolute atomic E-state index is 0.0873. The Morgan fingerprint density at radius 1 is 0.495 bits per heavy atom. The average Bonchev–Trinajstić information content (AvgIpc) is 1.10. The molecule has 0 unspecified atom stereocenters. The van der Waals surface area contributed by atoms with Gasteiger partial charge in [0, 0.05) is 30.5 Å². The van der Waals surface area contributed by atoms with Gasteiger partial charge < -0.3 is 43.4 Å². The number of hydrogen-bond acceptors (Lipinski definition) is 18. The minimum Gasteiger partial charge on any atom is -0.478 e. The zero-order chi connectivity index (χ0) is 67.0. The summed E-state index contributed by atoms with van der Waals surface area (Å²) >= 11 is 12.0. The van der Waals surface area contributed by atoms with Gasteiger partial charge in [-0.2, -0.15) is 10.5 Å². The Kier molecular flexibility index (Phi) is 35.0. The Morgan fingerprint density at radius 3 is 1.41 bits per heavy atom. The van der Waals surface area contributed by atoms with E-state index < -0.39 is 11.9 Å². The highest BCUT2D eigenvalue weighted by Crippen LogP contribution is 2.38. The van der Waals surface area contributed by atoms with Crippen LogP contribution in [-0.4, -0.2) is 105 Å². The summed E-state index contributed by atoms with van der Waals surface area (Å²) in [6.45, 7) is 17.8. The second kappa shape index (κ2) is 42.1. The maximum absolute atomic E-state index is 10.8. The van der Waals surface area contributed by atoms with Crippen molar-refractivity contribution in [2.75, 3.05) is 46.2 Å². The standard InChI is InChI=1S/2C9H8N2O.2C9H9NO3.2C9H11NO.C8H9NO.C3H5I3.C3H6I2/c10-5-7-1-3-11-9-6-12-4-2-8(7)9;10-5-8-2-1-7-3-4-12-6-9(7)11-8;11-9(12)7-1-3-10-8-5-13-4-2-6(7)8;11-9(12)7-2-1-6-3-4-13-5-8(6)10-7;1-7-2-4-10-9-6-11-5-3-8(7)9;1-7-2-3-8-4-5-11-6-9(8)10-7;1-2-7-3-5-10-6-8(7)9-4-1;1-2-3(4,5)6;1-2-3(4)5/h1,3H,2,4,6H2;1-2H,3-4,6H2;1,3H,2,4-5H2,(H,11,12);1-2H,3-5H2,(H,11,12);2,4H,3,5-6H2,1H3;2-3H,4-6H2,1H3;1-2,4H,3,5-6H2;2H2,1H3;3H,2H2,1H3. The molecule has 93 heavy (non-hydrogen) atoms. The predicted molar refractivity (Wildman–Crippen MR) is 393 cm³/mol. The van der Waals surface area contributed by atoms with Crippen molar-refractivity contribution in [2.45, 2.75) is 133 Å². The third-order valence-corrected chi connectivity index (χ3v) is 18.7. The Labute approximate surface area is 612 Å². The molecule has 25 heteroatoms. The zero-order valence-corrected chi connectivity index (χ0v) is 63.3. The molecule has 0 fully saturated rings. The van der Waals surface area contributed by atoms with Gasteiger partial charge in [0.2, 0.25) is 0 Å². The molecule has 0 atom stereocenters. The van der Waals surface area contributed by atoms with Crippen LogP contribution in [0.5, 0.6) is 0 Å². The second-order valence-corrected chi connectivity index (χ2v) is 38.2. The van der Waals surface area contributed by atoms with Gasteiger partial charge >= 0.3 is 11.9 Å². The van der Waals surface area contributed by atoms with E-state index in [2.05, 4.69) is 199 Å². The number of rotatable bonds is 4. The predicted octanol–water partition coefficient (Wildman–Crippen LogP) is 13.8. The van der Waals surface area contributed by atoms with Crippen LogP contribution in [0.1, 0.15) is 149 Å². The van der Waals surface area contributed by atoms with E-state index >= 15 is 0 Å². The number of carboxylic acids is 2. The number of alkyl halides is 5. The number of carbonyl (C=O) groups is 2. The van der Waals surface area contributed by atoms with E-state index in [-0.39, 0.29) is 5.69 Å². The van der Waals surface area contributed by atoms with Crippen LogP contribution in [0.3, 0.4) is 0 Å². The molecular formula is C68H76I5N9O11. The second-order valence-electron chi connectivity index (χ2n) is 21.1. The maximum atomic E-state index is 10.8. The highest BCUT2D eigenvalue weighted by Gasteiger charge is 2.20. The van der Waals surface area contributed by atoms with Gasteiger partial charge in [0.15, 0.2) is 0 Å². The van der Waals surface area contributed by atoms with Gasteiger partial charge in [0.1, 0.15) is 16.9 Å². The van der Waals surface area contributed by atoms with E-state index in [1.807, 2.05) is 43.6 Å². The molecule has 14 heterocycles. The first-order valence-electron chi connectivity index (χ1n) is 30.3. The molecule has 0 saturated carbocycles. The largest absolute Gasteiger partial charge is 0.478 e. The number of fused-ring (bicyclic) bond motifs is 7. The fraction of sp³-hybridized carbons (Fsp3) is 0.426. The number of ether oxygens (including phenoxy) is 7. The number of pyridine rings is 7. The molecule has 494 valence electrons. The van der Waals surface area contributed by atoms with E-state index in [9.17, 15) is 9.59 Å². The number of nitriles is 2. The van der Waals surface area contributed by atoms with Crippen LogP contribution in [0, 0.1) is 36.5 Å². The van der Waals surface area contributed by atoms with Crippen molar-refractivity contribution >= 4 is 125 Å². The molecule has 0 aromatic carbocycles. The van der Waals surface area contributed by atoms with E-state index in [4.69, 9.17) is 53.9 Å². The lowest BCUT2D eigenvalue weighted by molar-refractivity contribution is 0.0677. The number of aromatic carboxylic acids is 2. The Bertz CT molecular complexity index is 3590. The Balaban J connectivity index is 0.000000168. The fourth-order valence-electron chi connectivity index (χ4n) is 9.50. The number of carboxylic acid groups (broad SMARTS) is 2. The fourth-order valence-corrected chi connectivity index (χ4v) is 9.50. The van der Waals surface area contributed by atoms with Gasteiger partial charge in [-0.15, -0.1) is 0 Å². The molecule has 7 aromatic rings. The molecule has 7 aliphatic rings. The molecule has 0 amide bonds. The lowest BCUT2D eigenvalue weighted by Crippen LogP contribution is -2.16. The summed E-state index contributed by atoms with van der Waals surface area (Å²) in [5, 5.41) is 34.9. The smallest absolute Gasteiger partial charge is 0.354 e. The van der Waals surface area contributed by atoms with Crippen molar-refractivity contribution in [3.8, 4) is 12.1 Å². The molecule has 0 spiro atoms. The number of aromatic nitrogens is 7. The SMILES string of the molecule is CCC(I)(I)I.CCC(I)I.Cc1ccc2c(n1)COCC2.Cc1ccnc2c1CCOC2.N#Cc1ccc2c(n1)COCC2.N#Cc1ccnc2c1CCOC2.O=C(O)c1ccc2c(n1)COCC2.O=C(O)c1ccnc2c1CCOC2.c1cnc2c(c1)CCOC2. The molecule has 0 bridgehead atoms. The van der Waals surface area contributed by atoms with Crippen LogP contribution < -0.4 is 0 Å². The van der Waals surface area contributed by atoms with E-state index in [1.165, 1.54) is 59.0 Å². The van der Waals surface area contributed by atoms with Gasteiger partial charge in [-0.05, 0) is 159 Å². The first kappa shape index (κ1) is 77.3. The summed E-state index contributed by atoms with van der Waals surface area (Å²) in [5.74, 6) is -1.88. The summed E-state index contributed by atoms with van der Waals surface area (Å²) in [4.78, 5) is 50.6. The number of hydrogen-bond donors (Lipinski definition) is 2. The van der Waals surface area contributed by atoms with Crippen molar-refractivity contribution < 1.29 is 53.0 Å². The van der Waals surface area contributed by atoms with Crippen LogP contribution in [0.4, 0.5) is 0 Å². The third-order valence-electron chi connectivity index (χ3n) is 14.6. The summed E-state index contributed by atoms with van der Waals surface area (Å²) in [6, 6.07) is 24.9. The van der Waals surface area contributed by atoms with Crippen molar-refractivity contribution in [1.29, 1.82) is 10.5 Å². The molecule has 7 aromatic heterocycles. The van der Waals surface area contributed by atoms with Gasteiger partial charge in [-0.25, -0.2) is 19.6 Å². The highest BCUT2D eigenvalue weighted by atomic mass is 127. The van der Waals surface area contributed by atoms with Crippen LogP contribution in [0.15, 0.2) is 91.5 Å². The summed E-state index contributed by atoms with van der Waals surface area (Å²) in [6.07, 6.45) is 15.6. The zero-order valence-electron chi connectivity index (χ0n) is 52.5. The lowest BCUT2D eigenvalue weighted by Gasteiger charge is -2.16. The summed E-state index contributed by atoms with van der Waals surface area (Å²) < 4.78 is 37.9. The van der Waals surface area contributed by atoms with Gasteiger partial charge in [-0.1, -0.05) is 151 Å². The minimum atomic E-state index is -0.992. The third kappa shape index (κ3) is 27.1. The monoisotopic (exact) mass is 1830 g/mol. The van der Waals surface area contributed by atoms with Gasteiger partial charge in [0.05, 0.1) is 151 Å². The van der Waals surface area contributed by atoms with E-state index in [1.54, 1.807) is 18.3 Å². The van der Waals surface area contributed by atoms with Crippen LogP contribution in [0.25, 0.3) is 0 Å². The van der Waals surface area contributed by atoms with E-state index in [0.717, 1.165) is 135 Å². The van der Waals surface area contributed by atoms with E-state index in [0.29, 0.717) is 83.2 Å². The Hall–Kier alpha value is -4.66. The van der Waals surface area contributed by atoms with Crippen molar-refractivity contribution in [1.82, 2.24) is 34.9 Å². The van der Waals surface area contributed by atoms with Crippen LogP contribution in [-0.2, 0) is 124 Å². The first-order valence-corrected chi connectivity index (χ1v) is 36.0. The molecule has 7 aliphatic heterocycles. The molecule has 20 nitrogen and oxygen atoms in total. The quantitative estimate of drug-likeness (QED) is 0.122. The van der Waals surface area contributed by atoms with Gasteiger partial charge in [-0.3, -0.25) is 24.9 Å². The number of nitrogens with zero attached hydrogens (tertiary/aromatic N) is 9. The molecule has 0 aliphatic carbocycles. The highest BCUT2D eigenvalue weighted by molar-refractivity contribution is 14.3. The lowest BCUT2D eigenvalue weighted by atomic mass is 10.0.